The molecule has 0 spiro atoms. The van der Waals surface area contributed by atoms with Crippen molar-refractivity contribution in [3.63, 3.8) is 0 Å². The molecule has 0 N–H and O–H groups in total. The molecule has 1 saturated carbocycles. The molecule has 4 rings (SSSR count). The first-order chi connectivity index (χ1) is 17.9. The van der Waals surface area contributed by atoms with Gasteiger partial charge in [0.25, 0.3) is 0 Å². The third-order valence-corrected chi connectivity index (χ3v) is 7.40. The molecule has 0 radical (unpaired) electrons. The van der Waals surface area contributed by atoms with E-state index in [1.54, 1.807) is 6.92 Å². The van der Waals surface area contributed by atoms with Gasteiger partial charge in [-0.3, -0.25) is 0 Å². The summed E-state index contributed by atoms with van der Waals surface area (Å²) in [5.41, 5.74) is 2.38. The summed E-state index contributed by atoms with van der Waals surface area (Å²) in [6.07, 6.45) is 10.9. The van der Waals surface area contributed by atoms with Crippen LogP contribution in [0.3, 0.4) is 0 Å². The lowest BCUT2D eigenvalue weighted by Gasteiger charge is -2.27. The molecule has 0 atom stereocenters. The van der Waals surface area contributed by atoms with Gasteiger partial charge in [-0.05, 0) is 92.5 Å². The minimum Gasteiger partial charge on any atom is -0.491 e. The lowest BCUT2D eigenvalue weighted by Crippen LogP contribution is -2.14. The van der Waals surface area contributed by atoms with E-state index >= 15 is 8.78 Å². The summed E-state index contributed by atoms with van der Waals surface area (Å²) in [5.74, 6) is -4.48. The van der Waals surface area contributed by atoms with E-state index < -0.39 is 23.3 Å². The van der Waals surface area contributed by atoms with Crippen molar-refractivity contribution in [2.45, 2.75) is 64.7 Å². The number of allylic oxidation sites excluding steroid dienone is 2. The Balaban J connectivity index is 1.36. The van der Waals surface area contributed by atoms with Crippen LogP contribution in [-0.4, -0.2) is 6.61 Å². The molecule has 0 aliphatic heterocycles. The Morgan fingerprint density at radius 3 is 2.00 bits per heavy atom. The second-order valence-electron chi connectivity index (χ2n) is 9.75. The Kier molecular flexibility index (Phi) is 9.07. The van der Waals surface area contributed by atoms with Crippen molar-refractivity contribution in [3.8, 4) is 16.9 Å². The predicted molar refractivity (Wildman–Crippen MR) is 141 cm³/mol. The molecular weight excluding hydrogens is 476 g/mol. The van der Waals surface area contributed by atoms with Gasteiger partial charge in [-0.2, -0.15) is 4.39 Å². The van der Waals surface area contributed by atoms with E-state index in [1.807, 2.05) is 0 Å². The van der Waals surface area contributed by atoms with Crippen LogP contribution in [0.2, 0.25) is 0 Å². The Labute approximate surface area is 217 Å². The standard InChI is InChI=1S/C32H34F4O/c1-3-21-9-11-22(12-10-21)7-5-6-8-23-13-15-24(16-14-23)25-17-18-26(30(34)29(25)33)27-19-20-28(37-4-2)32(36)31(27)35/h6,8-12,17-20,23-24H,3-5,7,13-16H2,1-2H3/b8-6+. The number of hydrogen-bond acceptors (Lipinski definition) is 1. The van der Waals surface area contributed by atoms with Crippen molar-refractivity contribution >= 4 is 0 Å². The Hall–Kier alpha value is -3.08. The van der Waals surface area contributed by atoms with Crippen molar-refractivity contribution in [2.75, 3.05) is 6.61 Å². The fourth-order valence-electron chi connectivity index (χ4n) is 5.20. The summed E-state index contributed by atoms with van der Waals surface area (Å²) in [5, 5.41) is 0. The van der Waals surface area contributed by atoms with Crippen molar-refractivity contribution < 1.29 is 22.3 Å². The molecule has 1 fully saturated rings. The molecule has 1 nitrogen and oxygen atoms in total. The number of hydrogen-bond donors (Lipinski definition) is 0. The van der Waals surface area contributed by atoms with Crippen molar-refractivity contribution in [1.29, 1.82) is 0 Å². The summed E-state index contributed by atoms with van der Waals surface area (Å²) < 4.78 is 64.0. The Morgan fingerprint density at radius 1 is 0.730 bits per heavy atom. The molecule has 3 aromatic carbocycles. The molecular formula is C32H34F4O. The minimum atomic E-state index is -1.25. The fraction of sp³-hybridized carbons (Fsp3) is 0.375. The van der Waals surface area contributed by atoms with E-state index in [0.717, 1.165) is 44.9 Å². The van der Waals surface area contributed by atoms with Crippen LogP contribution in [0.1, 0.15) is 68.6 Å². The van der Waals surface area contributed by atoms with Gasteiger partial charge in [0.2, 0.25) is 5.82 Å². The number of ether oxygens (including phenoxy) is 1. The van der Waals surface area contributed by atoms with Gasteiger partial charge in [-0.1, -0.05) is 55.5 Å². The SMILES string of the molecule is CCOc1ccc(-c2ccc(C3CCC(/C=C/CCc4ccc(CC)cc4)CC3)c(F)c2F)c(F)c1F. The molecule has 0 heterocycles. The molecule has 0 bridgehead atoms. The van der Waals surface area contributed by atoms with Crippen LogP contribution in [0.25, 0.3) is 11.1 Å². The van der Waals surface area contributed by atoms with Gasteiger partial charge in [-0.25, -0.2) is 13.2 Å². The first-order valence-corrected chi connectivity index (χ1v) is 13.3. The van der Waals surface area contributed by atoms with Crippen LogP contribution in [0, 0.1) is 29.2 Å². The third kappa shape index (κ3) is 6.26. The monoisotopic (exact) mass is 510 g/mol. The zero-order valence-electron chi connectivity index (χ0n) is 21.5. The lowest BCUT2D eigenvalue weighted by atomic mass is 9.78. The van der Waals surface area contributed by atoms with Gasteiger partial charge >= 0.3 is 0 Å². The highest BCUT2D eigenvalue weighted by Crippen LogP contribution is 2.40. The highest BCUT2D eigenvalue weighted by atomic mass is 19.2. The number of aryl methyl sites for hydroxylation is 2. The number of halogens is 4. The average molecular weight is 511 g/mol. The summed E-state index contributed by atoms with van der Waals surface area (Å²) in [4.78, 5) is 0. The van der Waals surface area contributed by atoms with Crippen LogP contribution in [0.4, 0.5) is 17.6 Å². The van der Waals surface area contributed by atoms with E-state index in [2.05, 4.69) is 43.3 Å². The first kappa shape index (κ1) is 27.0. The van der Waals surface area contributed by atoms with Crippen LogP contribution >= 0.6 is 0 Å². The Bertz CT molecular complexity index is 1220. The van der Waals surface area contributed by atoms with E-state index in [9.17, 15) is 8.78 Å². The third-order valence-electron chi connectivity index (χ3n) is 7.40. The first-order valence-electron chi connectivity index (χ1n) is 13.3. The highest BCUT2D eigenvalue weighted by molar-refractivity contribution is 5.66. The zero-order chi connectivity index (χ0) is 26.4. The molecule has 0 aromatic heterocycles. The average Bonchev–Trinajstić information content (AvgIpc) is 2.92. The molecule has 196 valence electrons. The Morgan fingerprint density at radius 2 is 1.35 bits per heavy atom. The second-order valence-corrected chi connectivity index (χ2v) is 9.75. The molecule has 1 aliphatic carbocycles. The van der Waals surface area contributed by atoms with Gasteiger partial charge in [0.1, 0.15) is 0 Å². The summed E-state index contributed by atoms with van der Waals surface area (Å²) >= 11 is 0. The molecule has 0 unspecified atom stereocenters. The van der Waals surface area contributed by atoms with Gasteiger partial charge < -0.3 is 4.74 Å². The van der Waals surface area contributed by atoms with Crippen molar-refractivity contribution in [1.82, 2.24) is 0 Å². The van der Waals surface area contributed by atoms with Crippen LogP contribution in [0.5, 0.6) is 5.75 Å². The van der Waals surface area contributed by atoms with E-state index in [1.165, 1.54) is 35.4 Å². The predicted octanol–water partition coefficient (Wildman–Crippen LogP) is 9.33. The highest BCUT2D eigenvalue weighted by Gasteiger charge is 2.27. The van der Waals surface area contributed by atoms with E-state index in [-0.39, 0.29) is 29.4 Å². The quantitative estimate of drug-likeness (QED) is 0.206. The summed E-state index contributed by atoms with van der Waals surface area (Å²) in [6.45, 7) is 3.97. The van der Waals surface area contributed by atoms with Crippen molar-refractivity contribution in [3.05, 3.63) is 101 Å². The summed E-state index contributed by atoms with van der Waals surface area (Å²) in [7, 11) is 0. The molecule has 37 heavy (non-hydrogen) atoms. The molecule has 1 aliphatic rings. The number of benzene rings is 3. The fourth-order valence-corrected chi connectivity index (χ4v) is 5.20. The smallest absolute Gasteiger partial charge is 0.201 e. The van der Waals surface area contributed by atoms with Crippen LogP contribution in [-0.2, 0) is 12.8 Å². The minimum absolute atomic E-state index is 0.0906. The van der Waals surface area contributed by atoms with Crippen LogP contribution < -0.4 is 4.74 Å². The lowest BCUT2D eigenvalue weighted by molar-refractivity contribution is 0.314. The van der Waals surface area contributed by atoms with Gasteiger partial charge in [0, 0.05) is 11.1 Å². The maximum absolute atomic E-state index is 15.1. The van der Waals surface area contributed by atoms with E-state index in [0.29, 0.717) is 11.5 Å². The normalized spacial score (nSPS) is 17.9. The largest absolute Gasteiger partial charge is 0.491 e. The van der Waals surface area contributed by atoms with Crippen molar-refractivity contribution in [2.24, 2.45) is 5.92 Å². The second kappa shape index (κ2) is 12.4. The topological polar surface area (TPSA) is 9.23 Å². The molecule has 3 aromatic rings. The zero-order valence-corrected chi connectivity index (χ0v) is 21.5. The van der Waals surface area contributed by atoms with Gasteiger partial charge in [0.15, 0.2) is 23.2 Å². The maximum Gasteiger partial charge on any atom is 0.201 e. The summed E-state index contributed by atoms with van der Waals surface area (Å²) in [6, 6.07) is 14.1. The number of rotatable bonds is 9. The van der Waals surface area contributed by atoms with Gasteiger partial charge in [0.05, 0.1) is 6.61 Å². The van der Waals surface area contributed by atoms with Gasteiger partial charge in [-0.15, -0.1) is 0 Å². The van der Waals surface area contributed by atoms with Crippen LogP contribution in [0.15, 0.2) is 60.7 Å². The van der Waals surface area contributed by atoms with E-state index in [4.69, 9.17) is 4.74 Å². The maximum atomic E-state index is 15.1. The molecule has 0 amide bonds. The molecule has 5 heteroatoms. The molecule has 0 saturated heterocycles.